The smallest absolute Gasteiger partial charge is 0.162 e. The van der Waals surface area contributed by atoms with Crippen molar-refractivity contribution in [3.63, 3.8) is 0 Å². The number of halogens is 4. The fourth-order valence-electron chi connectivity index (χ4n) is 4.58. The summed E-state index contributed by atoms with van der Waals surface area (Å²) >= 11 is 0. The molecule has 0 N–H and O–H groups in total. The molecule has 0 heterocycles. The van der Waals surface area contributed by atoms with E-state index >= 15 is 0 Å². The molecular weight excluding hydrogens is 376 g/mol. The number of benzene rings is 2. The zero-order valence-corrected chi connectivity index (χ0v) is 17.3. The lowest BCUT2D eigenvalue weighted by atomic mass is 9.75. The van der Waals surface area contributed by atoms with Crippen molar-refractivity contribution in [1.82, 2.24) is 0 Å². The average Bonchev–Trinajstić information content (AvgIpc) is 2.73. The van der Waals surface area contributed by atoms with Gasteiger partial charge < -0.3 is 0 Å². The predicted octanol–water partition coefficient (Wildman–Crippen LogP) is 7.98. The van der Waals surface area contributed by atoms with Gasteiger partial charge in [-0.2, -0.15) is 0 Å². The topological polar surface area (TPSA) is 0 Å². The Kier molecular flexibility index (Phi) is 7.37. The molecule has 0 aliphatic heterocycles. The third kappa shape index (κ3) is 4.67. The Bertz CT molecular complexity index is 835. The van der Waals surface area contributed by atoms with Crippen LogP contribution in [-0.2, 0) is 12.8 Å². The minimum Gasteiger partial charge on any atom is -0.203 e. The van der Waals surface area contributed by atoms with Crippen LogP contribution in [0.25, 0.3) is 0 Å². The van der Waals surface area contributed by atoms with Gasteiger partial charge in [-0.15, -0.1) is 0 Å². The number of aryl methyl sites for hydroxylation is 2. The molecule has 158 valence electrons. The number of rotatable bonds is 7. The molecule has 29 heavy (non-hydrogen) atoms. The van der Waals surface area contributed by atoms with Crippen LogP contribution in [0.5, 0.6) is 0 Å². The van der Waals surface area contributed by atoms with Gasteiger partial charge in [0.05, 0.1) is 0 Å². The highest BCUT2D eigenvalue weighted by Gasteiger charge is 2.29. The monoisotopic (exact) mass is 406 g/mol. The average molecular weight is 407 g/mol. The first-order chi connectivity index (χ1) is 14.0. The Hall–Kier alpha value is -1.84. The molecule has 2 aromatic carbocycles. The van der Waals surface area contributed by atoms with Gasteiger partial charge in [0.1, 0.15) is 0 Å². The van der Waals surface area contributed by atoms with Crippen LogP contribution >= 0.6 is 0 Å². The maximum atomic E-state index is 14.6. The fraction of sp³-hybridized carbons (Fsp3) is 0.520. The van der Waals surface area contributed by atoms with Crippen molar-refractivity contribution in [3.8, 4) is 0 Å². The Morgan fingerprint density at radius 3 is 1.48 bits per heavy atom. The van der Waals surface area contributed by atoms with E-state index in [1.165, 1.54) is 0 Å². The molecule has 0 nitrogen and oxygen atoms in total. The third-order valence-corrected chi connectivity index (χ3v) is 6.31. The zero-order valence-electron chi connectivity index (χ0n) is 17.3. The van der Waals surface area contributed by atoms with E-state index in [1.807, 2.05) is 13.8 Å². The first-order valence-electron chi connectivity index (χ1n) is 10.9. The van der Waals surface area contributed by atoms with E-state index in [9.17, 15) is 17.6 Å². The van der Waals surface area contributed by atoms with E-state index in [4.69, 9.17) is 0 Å². The summed E-state index contributed by atoms with van der Waals surface area (Å²) in [5, 5.41) is 0. The molecule has 1 saturated carbocycles. The quantitative estimate of drug-likeness (QED) is 0.409. The fourth-order valence-corrected chi connectivity index (χ4v) is 4.58. The van der Waals surface area contributed by atoms with Crippen LogP contribution in [0.2, 0.25) is 0 Å². The summed E-state index contributed by atoms with van der Waals surface area (Å²) in [5.41, 5.74) is 1.70. The molecule has 0 radical (unpaired) electrons. The molecule has 1 fully saturated rings. The maximum absolute atomic E-state index is 14.6. The molecule has 0 atom stereocenters. The van der Waals surface area contributed by atoms with Gasteiger partial charge in [0, 0.05) is 0 Å². The Morgan fingerprint density at radius 1 is 0.621 bits per heavy atom. The van der Waals surface area contributed by atoms with Gasteiger partial charge in [0.15, 0.2) is 23.3 Å². The summed E-state index contributed by atoms with van der Waals surface area (Å²) in [5.74, 6) is -3.08. The second-order valence-corrected chi connectivity index (χ2v) is 8.29. The first kappa shape index (κ1) is 21.9. The molecule has 0 aromatic heterocycles. The number of hydrogen-bond acceptors (Lipinski definition) is 0. The highest BCUT2D eigenvalue weighted by Crippen LogP contribution is 2.42. The van der Waals surface area contributed by atoms with Gasteiger partial charge >= 0.3 is 0 Å². The van der Waals surface area contributed by atoms with Gasteiger partial charge in [-0.3, -0.25) is 0 Å². The van der Waals surface area contributed by atoms with Crippen molar-refractivity contribution in [2.45, 2.75) is 83.5 Å². The molecule has 0 amide bonds. The van der Waals surface area contributed by atoms with Crippen molar-refractivity contribution < 1.29 is 17.6 Å². The van der Waals surface area contributed by atoms with Crippen molar-refractivity contribution in [2.75, 3.05) is 0 Å². The predicted molar refractivity (Wildman–Crippen MR) is 109 cm³/mol. The van der Waals surface area contributed by atoms with Gasteiger partial charge in [-0.1, -0.05) is 51.0 Å². The molecule has 0 bridgehead atoms. The highest BCUT2D eigenvalue weighted by molar-refractivity contribution is 5.32. The summed E-state index contributed by atoms with van der Waals surface area (Å²) in [6.45, 7) is 3.96. The van der Waals surface area contributed by atoms with Crippen molar-refractivity contribution >= 4 is 0 Å². The molecule has 0 spiro atoms. The second kappa shape index (κ2) is 9.77. The first-order valence-corrected chi connectivity index (χ1v) is 10.9. The Morgan fingerprint density at radius 2 is 1.07 bits per heavy atom. The maximum Gasteiger partial charge on any atom is 0.162 e. The molecule has 2 aromatic rings. The molecule has 0 saturated heterocycles. The third-order valence-electron chi connectivity index (χ3n) is 6.31. The largest absolute Gasteiger partial charge is 0.203 e. The number of unbranched alkanes of at least 4 members (excludes halogenated alkanes) is 1. The van der Waals surface area contributed by atoms with Crippen molar-refractivity contribution in [1.29, 1.82) is 0 Å². The standard InChI is InChI=1S/C25H30F4/c1-3-5-7-19-13-15-21(25(29)23(19)27)17-10-8-16(9-11-17)20-14-12-18(6-4-2)22(26)24(20)28/h12-17H,3-11H2,1-2H3. The van der Waals surface area contributed by atoms with Gasteiger partial charge in [-0.05, 0) is 79.0 Å². The lowest BCUT2D eigenvalue weighted by Gasteiger charge is -2.30. The Balaban J connectivity index is 1.71. The zero-order chi connectivity index (χ0) is 21.0. The molecular formula is C25H30F4. The summed E-state index contributed by atoms with van der Waals surface area (Å²) in [6.07, 6.45) is 6.18. The Labute approximate surface area is 171 Å². The van der Waals surface area contributed by atoms with E-state index < -0.39 is 23.3 Å². The van der Waals surface area contributed by atoms with E-state index in [2.05, 4.69) is 0 Å². The van der Waals surface area contributed by atoms with Crippen LogP contribution in [0, 0.1) is 23.3 Å². The molecule has 1 aliphatic rings. The van der Waals surface area contributed by atoms with Crippen LogP contribution in [0.15, 0.2) is 24.3 Å². The summed E-state index contributed by atoms with van der Waals surface area (Å²) in [4.78, 5) is 0. The minimum absolute atomic E-state index is 0.0757. The van der Waals surface area contributed by atoms with Crippen LogP contribution in [0.1, 0.15) is 92.9 Å². The van der Waals surface area contributed by atoms with E-state index in [0.717, 1.165) is 19.3 Å². The molecule has 3 rings (SSSR count). The molecule has 0 unspecified atom stereocenters. The van der Waals surface area contributed by atoms with Crippen LogP contribution in [0.4, 0.5) is 17.6 Å². The van der Waals surface area contributed by atoms with Gasteiger partial charge in [0.25, 0.3) is 0 Å². The van der Waals surface area contributed by atoms with Gasteiger partial charge in [0.2, 0.25) is 0 Å². The summed E-state index contributed by atoms with van der Waals surface area (Å²) in [6, 6.07) is 6.82. The van der Waals surface area contributed by atoms with Crippen LogP contribution < -0.4 is 0 Å². The van der Waals surface area contributed by atoms with E-state index in [-0.39, 0.29) is 11.8 Å². The van der Waals surface area contributed by atoms with Crippen molar-refractivity contribution in [2.24, 2.45) is 0 Å². The lowest BCUT2D eigenvalue weighted by Crippen LogP contribution is -2.16. The molecule has 4 heteroatoms. The minimum atomic E-state index is -0.739. The lowest BCUT2D eigenvalue weighted by molar-refractivity contribution is 0.369. The molecule has 1 aliphatic carbocycles. The highest BCUT2D eigenvalue weighted by atomic mass is 19.2. The van der Waals surface area contributed by atoms with Gasteiger partial charge in [-0.25, -0.2) is 17.6 Å². The van der Waals surface area contributed by atoms with E-state index in [1.54, 1.807) is 24.3 Å². The summed E-state index contributed by atoms with van der Waals surface area (Å²) < 4.78 is 57.9. The summed E-state index contributed by atoms with van der Waals surface area (Å²) in [7, 11) is 0. The SMILES string of the molecule is CCCCc1ccc(C2CCC(c3ccc(CCC)c(F)c3F)CC2)c(F)c1F. The van der Waals surface area contributed by atoms with Crippen LogP contribution in [-0.4, -0.2) is 0 Å². The van der Waals surface area contributed by atoms with Crippen molar-refractivity contribution in [3.05, 3.63) is 69.8 Å². The van der Waals surface area contributed by atoms with E-state index in [0.29, 0.717) is 60.8 Å². The second-order valence-electron chi connectivity index (χ2n) is 8.29. The number of hydrogen-bond donors (Lipinski definition) is 0. The van der Waals surface area contributed by atoms with Crippen LogP contribution in [0.3, 0.4) is 0 Å². The normalized spacial score (nSPS) is 19.5.